The molecule has 0 radical (unpaired) electrons. The summed E-state index contributed by atoms with van der Waals surface area (Å²) in [6.07, 6.45) is -0.906. The number of hydrogen-bond donors (Lipinski definition) is 2. The topological polar surface area (TPSA) is 76.0 Å². The maximum absolute atomic E-state index is 11.0. The van der Waals surface area contributed by atoms with Crippen molar-refractivity contribution in [3.63, 3.8) is 0 Å². The first kappa shape index (κ1) is 13.3. The van der Waals surface area contributed by atoms with E-state index in [4.69, 9.17) is 9.47 Å². The third-order valence-corrected chi connectivity index (χ3v) is 2.44. The van der Waals surface area contributed by atoms with Crippen LogP contribution in [0.5, 0.6) is 17.2 Å². The van der Waals surface area contributed by atoms with Crippen LogP contribution in [0.4, 0.5) is 0 Å². The number of phenolic OH excluding ortho intramolecular Hbond substituents is 1. The standard InChI is InChI=1S/C12H16O5/c1-7(13)9(14)4-8-5-10(16-2)12(15)11(6-8)17-3/h5-6,9,14-15H,4H2,1-3H3. The quantitative estimate of drug-likeness (QED) is 0.799. The second-order valence-corrected chi connectivity index (χ2v) is 3.68. The molecular weight excluding hydrogens is 224 g/mol. The van der Waals surface area contributed by atoms with E-state index in [1.807, 2.05) is 0 Å². The molecule has 0 amide bonds. The maximum atomic E-state index is 11.0. The van der Waals surface area contributed by atoms with Crippen LogP contribution in [0.15, 0.2) is 12.1 Å². The molecule has 0 saturated heterocycles. The summed E-state index contributed by atoms with van der Waals surface area (Å²) in [6.45, 7) is 1.32. The van der Waals surface area contributed by atoms with Gasteiger partial charge in [-0.15, -0.1) is 0 Å². The van der Waals surface area contributed by atoms with E-state index in [1.54, 1.807) is 12.1 Å². The molecule has 0 aromatic heterocycles. The summed E-state index contributed by atoms with van der Waals surface area (Å²) < 4.78 is 9.95. The molecule has 2 N–H and O–H groups in total. The number of aliphatic hydroxyl groups is 1. The van der Waals surface area contributed by atoms with Crippen molar-refractivity contribution in [2.75, 3.05) is 14.2 Å². The largest absolute Gasteiger partial charge is 0.502 e. The maximum Gasteiger partial charge on any atom is 0.200 e. The number of hydrogen-bond acceptors (Lipinski definition) is 5. The van der Waals surface area contributed by atoms with E-state index < -0.39 is 6.10 Å². The van der Waals surface area contributed by atoms with Gasteiger partial charge in [-0.05, 0) is 24.6 Å². The van der Waals surface area contributed by atoms with Crippen molar-refractivity contribution in [3.05, 3.63) is 17.7 Å². The molecule has 1 unspecified atom stereocenters. The molecule has 0 fully saturated rings. The molecule has 0 aliphatic rings. The molecule has 1 aromatic carbocycles. The Morgan fingerprint density at radius 2 is 1.76 bits per heavy atom. The second kappa shape index (κ2) is 5.54. The highest BCUT2D eigenvalue weighted by atomic mass is 16.5. The van der Waals surface area contributed by atoms with Gasteiger partial charge >= 0.3 is 0 Å². The highest BCUT2D eigenvalue weighted by Gasteiger charge is 2.15. The molecule has 94 valence electrons. The van der Waals surface area contributed by atoms with Crippen molar-refractivity contribution in [1.29, 1.82) is 0 Å². The molecule has 0 heterocycles. The van der Waals surface area contributed by atoms with Crippen molar-refractivity contribution >= 4 is 5.78 Å². The number of aliphatic hydroxyl groups excluding tert-OH is 1. The van der Waals surface area contributed by atoms with E-state index in [1.165, 1.54) is 21.1 Å². The zero-order valence-corrected chi connectivity index (χ0v) is 10.1. The number of ketones is 1. The van der Waals surface area contributed by atoms with E-state index in [9.17, 15) is 15.0 Å². The Morgan fingerprint density at radius 3 is 2.12 bits per heavy atom. The van der Waals surface area contributed by atoms with Crippen LogP contribution in [-0.4, -0.2) is 36.3 Å². The van der Waals surface area contributed by atoms with Gasteiger partial charge in [-0.2, -0.15) is 0 Å². The Labute approximate surface area is 99.6 Å². The minimum absolute atomic E-state index is 0.101. The lowest BCUT2D eigenvalue weighted by Gasteiger charge is -2.12. The summed E-state index contributed by atoms with van der Waals surface area (Å²) in [4.78, 5) is 11.0. The van der Waals surface area contributed by atoms with Gasteiger partial charge in [0.1, 0.15) is 6.10 Å². The van der Waals surface area contributed by atoms with E-state index >= 15 is 0 Å². The van der Waals surface area contributed by atoms with Gasteiger partial charge in [-0.3, -0.25) is 4.79 Å². The zero-order chi connectivity index (χ0) is 13.0. The number of carbonyl (C=O) groups excluding carboxylic acids is 1. The first-order chi connectivity index (χ1) is 7.99. The van der Waals surface area contributed by atoms with Crippen LogP contribution < -0.4 is 9.47 Å². The molecule has 0 aliphatic heterocycles. The monoisotopic (exact) mass is 240 g/mol. The van der Waals surface area contributed by atoms with Crippen molar-refractivity contribution in [1.82, 2.24) is 0 Å². The van der Waals surface area contributed by atoms with E-state index in [-0.39, 0.29) is 29.5 Å². The summed E-state index contributed by atoms with van der Waals surface area (Å²) in [6, 6.07) is 3.12. The third kappa shape index (κ3) is 3.10. The minimum atomic E-state index is -1.06. The Balaban J connectivity index is 3.05. The van der Waals surface area contributed by atoms with Crippen LogP contribution in [0.3, 0.4) is 0 Å². The summed E-state index contributed by atoms with van der Waals surface area (Å²) in [5.74, 6) is 0.0808. The molecule has 0 bridgehead atoms. The number of ether oxygens (including phenoxy) is 2. The summed E-state index contributed by atoms with van der Waals surface area (Å²) in [5, 5.41) is 19.2. The number of methoxy groups -OCH3 is 2. The Morgan fingerprint density at radius 1 is 1.29 bits per heavy atom. The number of benzene rings is 1. The molecule has 1 aromatic rings. The van der Waals surface area contributed by atoms with Crippen LogP contribution in [-0.2, 0) is 11.2 Å². The van der Waals surface area contributed by atoms with Gasteiger partial charge in [0.05, 0.1) is 14.2 Å². The summed E-state index contributed by atoms with van der Waals surface area (Å²) in [5.41, 5.74) is 0.652. The van der Waals surface area contributed by atoms with Crippen LogP contribution in [0, 0.1) is 0 Å². The van der Waals surface area contributed by atoms with Gasteiger partial charge < -0.3 is 19.7 Å². The van der Waals surface area contributed by atoms with Crippen molar-refractivity contribution in [3.8, 4) is 17.2 Å². The van der Waals surface area contributed by atoms with Crippen molar-refractivity contribution in [2.45, 2.75) is 19.4 Å². The smallest absolute Gasteiger partial charge is 0.200 e. The van der Waals surface area contributed by atoms with Crippen LogP contribution >= 0.6 is 0 Å². The minimum Gasteiger partial charge on any atom is -0.502 e. The molecule has 1 atom stereocenters. The average Bonchev–Trinajstić information content (AvgIpc) is 2.30. The number of phenols is 1. The van der Waals surface area contributed by atoms with E-state index in [0.717, 1.165) is 0 Å². The van der Waals surface area contributed by atoms with Crippen LogP contribution in [0.25, 0.3) is 0 Å². The average molecular weight is 240 g/mol. The lowest BCUT2D eigenvalue weighted by atomic mass is 10.0. The number of Topliss-reactive ketones (excluding diaryl/α,β-unsaturated/α-hetero) is 1. The normalized spacial score (nSPS) is 12.0. The van der Waals surface area contributed by atoms with Gasteiger partial charge in [0.15, 0.2) is 17.3 Å². The van der Waals surface area contributed by atoms with Crippen LogP contribution in [0.1, 0.15) is 12.5 Å². The highest BCUT2D eigenvalue weighted by molar-refractivity contribution is 5.80. The molecule has 5 nitrogen and oxygen atoms in total. The van der Waals surface area contributed by atoms with E-state index in [0.29, 0.717) is 5.56 Å². The fraction of sp³-hybridized carbons (Fsp3) is 0.417. The van der Waals surface area contributed by atoms with Gasteiger partial charge in [0.25, 0.3) is 0 Å². The molecule has 17 heavy (non-hydrogen) atoms. The lowest BCUT2D eigenvalue weighted by Crippen LogP contribution is -2.19. The van der Waals surface area contributed by atoms with Gasteiger partial charge in [0.2, 0.25) is 5.75 Å². The molecule has 5 heteroatoms. The molecule has 0 saturated carbocycles. The molecular formula is C12H16O5. The first-order valence-electron chi connectivity index (χ1n) is 5.12. The van der Waals surface area contributed by atoms with Gasteiger partial charge in [-0.1, -0.05) is 0 Å². The summed E-state index contributed by atoms with van der Waals surface area (Å²) in [7, 11) is 2.83. The number of carbonyl (C=O) groups is 1. The van der Waals surface area contributed by atoms with E-state index in [2.05, 4.69) is 0 Å². The summed E-state index contributed by atoms with van der Waals surface area (Å²) >= 11 is 0. The third-order valence-electron chi connectivity index (χ3n) is 2.44. The fourth-order valence-electron chi connectivity index (χ4n) is 1.43. The Hall–Kier alpha value is -1.75. The molecule has 0 spiro atoms. The predicted octanol–water partition coefficient (Wildman–Crippen LogP) is 0.902. The number of rotatable bonds is 5. The first-order valence-corrected chi connectivity index (χ1v) is 5.12. The number of aromatic hydroxyl groups is 1. The predicted molar refractivity (Wildman–Crippen MR) is 61.6 cm³/mol. The Kier molecular flexibility index (Phi) is 4.34. The zero-order valence-electron chi connectivity index (χ0n) is 10.1. The van der Waals surface area contributed by atoms with Crippen molar-refractivity contribution < 1.29 is 24.5 Å². The SMILES string of the molecule is COc1cc(CC(O)C(C)=O)cc(OC)c1O. The van der Waals surface area contributed by atoms with Crippen LogP contribution in [0.2, 0.25) is 0 Å². The van der Waals surface area contributed by atoms with Gasteiger partial charge in [-0.25, -0.2) is 0 Å². The Bertz CT molecular complexity index is 388. The van der Waals surface area contributed by atoms with Crippen molar-refractivity contribution in [2.24, 2.45) is 0 Å². The van der Waals surface area contributed by atoms with Gasteiger partial charge in [0, 0.05) is 6.42 Å². The molecule has 0 aliphatic carbocycles. The fourth-order valence-corrected chi connectivity index (χ4v) is 1.43. The molecule has 1 rings (SSSR count). The lowest BCUT2D eigenvalue weighted by molar-refractivity contribution is -0.124. The second-order valence-electron chi connectivity index (χ2n) is 3.68. The highest BCUT2D eigenvalue weighted by Crippen LogP contribution is 2.37.